The highest BCUT2D eigenvalue weighted by atomic mass is 16.6. The van der Waals surface area contributed by atoms with Crippen molar-refractivity contribution in [3.8, 4) is 11.1 Å². The minimum Gasteiger partial charge on any atom is -0.440 e. The molecule has 0 radical (unpaired) electrons. The molecule has 31 heavy (non-hydrogen) atoms. The van der Waals surface area contributed by atoms with E-state index in [4.69, 9.17) is 4.74 Å². The Kier molecular flexibility index (Phi) is 4.09. The molecule has 0 fully saturated rings. The van der Waals surface area contributed by atoms with E-state index in [1.54, 1.807) is 0 Å². The number of ether oxygens (including phenoxy) is 1. The number of carbonyl (C=O) groups excluding carboxylic acids is 1. The van der Waals surface area contributed by atoms with Crippen LogP contribution in [0.15, 0.2) is 54.6 Å². The van der Waals surface area contributed by atoms with Crippen LogP contribution < -0.4 is 14.7 Å². The van der Waals surface area contributed by atoms with Gasteiger partial charge < -0.3 is 19.4 Å². The van der Waals surface area contributed by atoms with E-state index in [2.05, 4.69) is 40.1 Å². The average Bonchev–Trinajstić information content (AvgIpc) is 3.20. The highest BCUT2D eigenvalue weighted by Crippen LogP contribution is 2.59. The Hall–Kier alpha value is -3.47. The smallest absolute Gasteiger partial charge is 0.342 e. The van der Waals surface area contributed by atoms with E-state index in [9.17, 15) is 4.79 Å². The van der Waals surface area contributed by atoms with Crippen LogP contribution in [0.4, 0.5) is 17.1 Å². The fourth-order valence-corrected chi connectivity index (χ4v) is 5.19. The summed E-state index contributed by atoms with van der Waals surface area (Å²) in [6.07, 6.45) is 0. The Bertz CT molecular complexity index is 1180. The summed E-state index contributed by atoms with van der Waals surface area (Å²) >= 11 is 0. The van der Waals surface area contributed by atoms with Crippen molar-refractivity contribution in [3.05, 3.63) is 76.9 Å². The molecule has 3 aromatic carbocycles. The van der Waals surface area contributed by atoms with Crippen LogP contribution in [0.1, 0.15) is 27.0 Å². The first-order valence-electron chi connectivity index (χ1n) is 10.4. The lowest BCUT2D eigenvalue weighted by molar-refractivity contribution is 0.0265. The van der Waals surface area contributed by atoms with Gasteiger partial charge in [-0.25, -0.2) is 4.79 Å². The largest absolute Gasteiger partial charge is 0.440 e. The third-order valence-electron chi connectivity index (χ3n) is 6.36. The summed E-state index contributed by atoms with van der Waals surface area (Å²) in [6.45, 7) is 0. The van der Waals surface area contributed by atoms with Gasteiger partial charge in [-0.15, -0.1) is 0 Å². The number of anilines is 3. The van der Waals surface area contributed by atoms with Crippen LogP contribution in [-0.2, 0) is 10.3 Å². The Morgan fingerprint density at radius 1 is 0.677 bits per heavy atom. The molecule has 5 rings (SSSR count). The van der Waals surface area contributed by atoms with Crippen molar-refractivity contribution in [3.63, 3.8) is 0 Å². The molecule has 5 heteroatoms. The van der Waals surface area contributed by atoms with Gasteiger partial charge in [0.05, 0.1) is 22.6 Å². The molecule has 0 unspecified atom stereocenters. The number of rotatable bonds is 3. The minimum absolute atomic E-state index is 0.279. The third-order valence-corrected chi connectivity index (χ3v) is 6.36. The van der Waals surface area contributed by atoms with Gasteiger partial charge in [-0.2, -0.15) is 0 Å². The molecule has 1 aliphatic heterocycles. The summed E-state index contributed by atoms with van der Waals surface area (Å²) in [6, 6.07) is 18.7. The maximum Gasteiger partial charge on any atom is 0.342 e. The van der Waals surface area contributed by atoms with Crippen molar-refractivity contribution in [2.45, 2.75) is 5.60 Å². The third kappa shape index (κ3) is 2.40. The van der Waals surface area contributed by atoms with Crippen molar-refractivity contribution in [1.82, 2.24) is 0 Å². The standard InChI is InChI=1S/C26H27N3O2/c1-27(2)21-15-20-22(24(29(5)6)23(21)28(3)4)25(30)31-26(20)18-13-9-7-11-16(18)17-12-8-10-14-19(17)26/h7-15H,1-6H3. The molecule has 0 amide bonds. The van der Waals surface area contributed by atoms with Crippen LogP contribution in [0.25, 0.3) is 11.1 Å². The number of benzene rings is 3. The summed E-state index contributed by atoms with van der Waals surface area (Å²) < 4.78 is 6.39. The monoisotopic (exact) mass is 413 g/mol. The highest BCUT2D eigenvalue weighted by molar-refractivity contribution is 6.08. The van der Waals surface area contributed by atoms with Gasteiger partial charge >= 0.3 is 5.97 Å². The van der Waals surface area contributed by atoms with Crippen LogP contribution in [0, 0.1) is 0 Å². The highest BCUT2D eigenvalue weighted by Gasteiger charge is 2.55. The molecular formula is C26H27N3O2. The number of esters is 1. The molecule has 158 valence electrons. The SMILES string of the molecule is CN(C)c1cc2c(c(N(C)C)c1N(C)C)C(=O)OC21c2ccccc2-c2ccccc21. The zero-order chi connectivity index (χ0) is 22.1. The van der Waals surface area contributed by atoms with E-state index in [0.29, 0.717) is 5.56 Å². The van der Waals surface area contributed by atoms with E-state index >= 15 is 0 Å². The van der Waals surface area contributed by atoms with Crippen LogP contribution in [0.5, 0.6) is 0 Å². The lowest BCUT2D eigenvalue weighted by atomic mass is 9.82. The summed E-state index contributed by atoms with van der Waals surface area (Å²) in [5, 5.41) is 0. The van der Waals surface area contributed by atoms with E-state index in [-0.39, 0.29) is 5.97 Å². The molecule has 1 spiro atoms. The quantitative estimate of drug-likeness (QED) is 0.598. The van der Waals surface area contributed by atoms with Crippen LogP contribution >= 0.6 is 0 Å². The van der Waals surface area contributed by atoms with Crippen molar-refractivity contribution < 1.29 is 9.53 Å². The zero-order valence-electron chi connectivity index (χ0n) is 18.9. The lowest BCUT2D eigenvalue weighted by Crippen LogP contribution is -2.28. The fraction of sp³-hybridized carbons (Fsp3) is 0.269. The molecule has 3 aromatic rings. The van der Waals surface area contributed by atoms with Crippen molar-refractivity contribution in [2.75, 3.05) is 57.0 Å². The van der Waals surface area contributed by atoms with Gasteiger partial charge in [0.15, 0.2) is 5.60 Å². The van der Waals surface area contributed by atoms with E-state index in [0.717, 1.165) is 44.9 Å². The molecule has 0 saturated heterocycles. The van der Waals surface area contributed by atoms with Gasteiger partial charge in [-0.3, -0.25) is 0 Å². The maximum atomic E-state index is 13.5. The van der Waals surface area contributed by atoms with Crippen LogP contribution in [0.3, 0.4) is 0 Å². The Morgan fingerprint density at radius 3 is 1.68 bits per heavy atom. The predicted octanol–water partition coefficient (Wildman–Crippen LogP) is 4.33. The zero-order valence-corrected chi connectivity index (χ0v) is 18.9. The number of fused-ring (bicyclic) bond motifs is 7. The average molecular weight is 414 g/mol. The second kappa shape index (κ2) is 6.51. The number of hydrogen-bond donors (Lipinski definition) is 0. The van der Waals surface area contributed by atoms with Gasteiger partial charge in [0.2, 0.25) is 0 Å². The normalized spacial score (nSPS) is 14.7. The lowest BCUT2D eigenvalue weighted by Gasteiger charge is -2.32. The summed E-state index contributed by atoms with van der Waals surface area (Å²) in [5.41, 5.74) is 7.84. The van der Waals surface area contributed by atoms with E-state index in [1.807, 2.05) is 71.5 Å². The summed E-state index contributed by atoms with van der Waals surface area (Å²) in [7, 11) is 12.1. The van der Waals surface area contributed by atoms with E-state index < -0.39 is 5.60 Å². The molecule has 0 atom stereocenters. The molecular weight excluding hydrogens is 386 g/mol. The van der Waals surface area contributed by atoms with Gasteiger partial charge in [-0.1, -0.05) is 48.5 Å². The second-order valence-electron chi connectivity index (χ2n) is 8.86. The first-order chi connectivity index (χ1) is 14.8. The molecule has 0 bridgehead atoms. The Morgan fingerprint density at radius 2 is 1.19 bits per heavy atom. The van der Waals surface area contributed by atoms with Crippen molar-refractivity contribution in [2.24, 2.45) is 0 Å². The second-order valence-corrected chi connectivity index (χ2v) is 8.86. The predicted molar refractivity (Wildman–Crippen MR) is 127 cm³/mol. The molecule has 0 aromatic heterocycles. The summed E-state index contributed by atoms with van der Waals surface area (Å²) in [4.78, 5) is 19.7. The topological polar surface area (TPSA) is 36.0 Å². The number of hydrogen-bond acceptors (Lipinski definition) is 5. The molecule has 0 N–H and O–H groups in total. The fourth-order valence-electron chi connectivity index (χ4n) is 5.19. The van der Waals surface area contributed by atoms with Gasteiger partial charge in [0.25, 0.3) is 0 Å². The van der Waals surface area contributed by atoms with Crippen LogP contribution in [0.2, 0.25) is 0 Å². The molecule has 2 aliphatic rings. The van der Waals surface area contributed by atoms with Crippen molar-refractivity contribution >= 4 is 23.0 Å². The molecule has 1 heterocycles. The van der Waals surface area contributed by atoms with Crippen LogP contribution in [-0.4, -0.2) is 48.3 Å². The maximum absolute atomic E-state index is 13.5. The van der Waals surface area contributed by atoms with Crippen molar-refractivity contribution in [1.29, 1.82) is 0 Å². The Balaban J connectivity index is 1.95. The first kappa shape index (κ1) is 19.5. The van der Waals surface area contributed by atoms with E-state index in [1.165, 1.54) is 0 Å². The van der Waals surface area contributed by atoms with Gasteiger partial charge in [0.1, 0.15) is 0 Å². The number of carbonyl (C=O) groups is 1. The minimum atomic E-state index is -0.931. The first-order valence-corrected chi connectivity index (χ1v) is 10.4. The number of nitrogens with zero attached hydrogens (tertiary/aromatic N) is 3. The molecule has 5 nitrogen and oxygen atoms in total. The van der Waals surface area contributed by atoms with Gasteiger partial charge in [0, 0.05) is 59.0 Å². The van der Waals surface area contributed by atoms with Gasteiger partial charge in [-0.05, 0) is 17.2 Å². The Labute approximate surface area is 183 Å². The molecule has 1 aliphatic carbocycles. The molecule has 0 saturated carbocycles. The summed E-state index contributed by atoms with van der Waals surface area (Å²) in [5.74, 6) is -0.279.